The Bertz CT molecular complexity index is 536. The third-order valence-electron chi connectivity index (χ3n) is 4.12. The molecule has 1 aliphatic rings. The number of anilines is 1. The number of likely N-dealkylation sites (tertiary alicyclic amines) is 1. The number of halogens is 1. The zero-order valence-corrected chi connectivity index (χ0v) is 15.8. The highest BCUT2D eigenvalue weighted by Crippen LogP contribution is 2.27. The van der Waals surface area contributed by atoms with Crippen LogP contribution in [0.2, 0.25) is 0 Å². The number of hydrogen-bond acceptors (Lipinski definition) is 6. The Hall–Kier alpha value is -1.70. The molecule has 2 atom stereocenters. The number of hydrogen-bond donors (Lipinski definition) is 2. The topological polar surface area (TPSA) is 86.1 Å². The van der Waals surface area contributed by atoms with Gasteiger partial charge in [-0.15, -0.1) is 12.4 Å². The number of benzene rings is 1. The fraction of sp³-hybridized carbons (Fsp3) is 0.588. The van der Waals surface area contributed by atoms with E-state index in [0.717, 1.165) is 36.6 Å². The van der Waals surface area contributed by atoms with Gasteiger partial charge in [0.15, 0.2) is 0 Å². The van der Waals surface area contributed by atoms with Gasteiger partial charge in [-0.1, -0.05) is 0 Å². The monoisotopic (exact) mass is 373 g/mol. The zero-order chi connectivity index (χ0) is 17.5. The normalized spacial score (nSPS) is 18.1. The second-order valence-corrected chi connectivity index (χ2v) is 5.93. The van der Waals surface area contributed by atoms with Crippen molar-refractivity contribution in [3.8, 4) is 11.5 Å². The average Bonchev–Trinajstić information content (AvgIpc) is 2.61. The molecule has 25 heavy (non-hydrogen) atoms. The van der Waals surface area contributed by atoms with Gasteiger partial charge in [-0.25, -0.2) is 0 Å². The SMILES string of the molecule is COCC(N)C(=O)N1CCCC(Nc2cc(OC)cc(OC)c2)C1.Cl. The smallest absolute Gasteiger partial charge is 0.241 e. The lowest BCUT2D eigenvalue weighted by Gasteiger charge is -2.35. The van der Waals surface area contributed by atoms with E-state index in [9.17, 15) is 4.79 Å². The fourth-order valence-corrected chi connectivity index (χ4v) is 2.91. The van der Waals surface area contributed by atoms with Crippen molar-refractivity contribution in [2.24, 2.45) is 5.73 Å². The van der Waals surface area contributed by atoms with Crippen LogP contribution in [0.5, 0.6) is 11.5 Å². The summed E-state index contributed by atoms with van der Waals surface area (Å²) in [7, 11) is 4.79. The molecule has 1 fully saturated rings. The molecule has 2 rings (SSSR count). The van der Waals surface area contributed by atoms with Crippen molar-refractivity contribution in [2.45, 2.75) is 24.9 Å². The number of nitrogens with zero attached hydrogens (tertiary/aromatic N) is 1. The van der Waals surface area contributed by atoms with Crippen LogP contribution >= 0.6 is 12.4 Å². The molecule has 1 heterocycles. The minimum atomic E-state index is -0.606. The third-order valence-corrected chi connectivity index (χ3v) is 4.12. The highest BCUT2D eigenvalue weighted by molar-refractivity contribution is 5.85. The zero-order valence-electron chi connectivity index (χ0n) is 15.0. The van der Waals surface area contributed by atoms with E-state index in [1.54, 1.807) is 21.3 Å². The van der Waals surface area contributed by atoms with Gasteiger partial charge in [0, 0.05) is 50.1 Å². The van der Waals surface area contributed by atoms with Crippen molar-refractivity contribution in [3.63, 3.8) is 0 Å². The molecule has 0 aromatic heterocycles. The summed E-state index contributed by atoms with van der Waals surface area (Å²) < 4.78 is 15.6. The van der Waals surface area contributed by atoms with Crippen LogP contribution in [0.25, 0.3) is 0 Å². The number of amides is 1. The second-order valence-electron chi connectivity index (χ2n) is 5.93. The number of methoxy groups -OCH3 is 3. The largest absolute Gasteiger partial charge is 0.497 e. The van der Waals surface area contributed by atoms with Crippen LogP contribution < -0.4 is 20.5 Å². The molecule has 7 nitrogen and oxygen atoms in total. The Morgan fingerprint density at radius 1 is 1.28 bits per heavy atom. The summed E-state index contributed by atoms with van der Waals surface area (Å²) in [5, 5.41) is 3.46. The van der Waals surface area contributed by atoms with Crippen LogP contribution in [0.4, 0.5) is 5.69 Å². The van der Waals surface area contributed by atoms with Crippen LogP contribution in [-0.2, 0) is 9.53 Å². The highest BCUT2D eigenvalue weighted by Gasteiger charge is 2.27. The number of carbonyl (C=O) groups is 1. The van der Waals surface area contributed by atoms with Crippen LogP contribution in [0, 0.1) is 0 Å². The fourth-order valence-electron chi connectivity index (χ4n) is 2.91. The van der Waals surface area contributed by atoms with E-state index in [1.165, 1.54) is 0 Å². The van der Waals surface area contributed by atoms with Crippen LogP contribution in [0.15, 0.2) is 18.2 Å². The summed E-state index contributed by atoms with van der Waals surface area (Å²) in [5.41, 5.74) is 6.77. The number of ether oxygens (including phenoxy) is 3. The van der Waals surface area contributed by atoms with Gasteiger partial charge in [-0.05, 0) is 12.8 Å². The van der Waals surface area contributed by atoms with Crippen molar-refractivity contribution in [1.82, 2.24) is 4.90 Å². The Morgan fingerprint density at radius 3 is 2.48 bits per heavy atom. The molecule has 142 valence electrons. The number of nitrogens with two attached hydrogens (primary N) is 1. The van der Waals surface area contributed by atoms with E-state index in [-0.39, 0.29) is 31.0 Å². The number of carbonyl (C=O) groups excluding carboxylic acids is 1. The molecule has 1 amide bonds. The van der Waals surface area contributed by atoms with E-state index in [0.29, 0.717) is 6.54 Å². The standard InChI is InChI=1S/C17H27N3O4.ClH/c1-22-11-16(18)17(21)20-6-4-5-12(10-20)19-13-7-14(23-2)9-15(8-13)24-3;/h7-9,12,16,19H,4-6,10-11,18H2,1-3H3;1H. The average molecular weight is 374 g/mol. The maximum Gasteiger partial charge on any atom is 0.241 e. The molecular formula is C17H28ClN3O4. The van der Waals surface area contributed by atoms with Gasteiger partial charge in [0.25, 0.3) is 0 Å². The molecular weight excluding hydrogens is 346 g/mol. The summed E-state index contributed by atoms with van der Waals surface area (Å²) in [6.07, 6.45) is 1.92. The predicted molar refractivity (Wildman–Crippen MR) is 99.9 cm³/mol. The quantitative estimate of drug-likeness (QED) is 0.753. The minimum absolute atomic E-state index is 0. The minimum Gasteiger partial charge on any atom is -0.497 e. The molecule has 0 radical (unpaired) electrons. The second kappa shape index (κ2) is 10.3. The maximum atomic E-state index is 12.3. The maximum absolute atomic E-state index is 12.3. The molecule has 0 saturated carbocycles. The van der Waals surface area contributed by atoms with Gasteiger partial charge in [0.05, 0.1) is 20.8 Å². The molecule has 0 bridgehead atoms. The van der Waals surface area contributed by atoms with Gasteiger partial charge < -0.3 is 30.2 Å². The number of piperidine rings is 1. The van der Waals surface area contributed by atoms with Crippen LogP contribution in [0.1, 0.15) is 12.8 Å². The third kappa shape index (κ3) is 5.95. The van der Waals surface area contributed by atoms with Crippen molar-refractivity contribution >= 4 is 24.0 Å². The Labute approximate surface area is 155 Å². The molecule has 1 saturated heterocycles. The first-order valence-corrected chi connectivity index (χ1v) is 8.10. The molecule has 1 aromatic carbocycles. The van der Waals surface area contributed by atoms with Gasteiger partial charge in [0.1, 0.15) is 17.5 Å². The molecule has 0 spiro atoms. The van der Waals surface area contributed by atoms with Crippen molar-refractivity contribution in [3.05, 3.63) is 18.2 Å². The van der Waals surface area contributed by atoms with E-state index in [2.05, 4.69) is 5.32 Å². The summed E-state index contributed by atoms with van der Waals surface area (Å²) in [6.45, 7) is 1.59. The molecule has 2 unspecified atom stereocenters. The van der Waals surface area contributed by atoms with E-state index in [4.69, 9.17) is 19.9 Å². The van der Waals surface area contributed by atoms with Crippen molar-refractivity contribution in [1.29, 1.82) is 0 Å². The van der Waals surface area contributed by atoms with E-state index >= 15 is 0 Å². The van der Waals surface area contributed by atoms with Gasteiger partial charge in [-0.3, -0.25) is 4.79 Å². The van der Waals surface area contributed by atoms with Crippen LogP contribution in [0.3, 0.4) is 0 Å². The first kappa shape index (κ1) is 21.3. The molecule has 0 aliphatic carbocycles. The first-order valence-electron chi connectivity index (χ1n) is 8.10. The van der Waals surface area contributed by atoms with Gasteiger partial charge in [0.2, 0.25) is 5.91 Å². The summed E-state index contributed by atoms with van der Waals surface area (Å²) in [6, 6.07) is 5.21. The molecule has 3 N–H and O–H groups in total. The number of nitrogens with one attached hydrogen (secondary N) is 1. The Kier molecular flexibility index (Phi) is 8.82. The van der Waals surface area contributed by atoms with Gasteiger partial charge >= 0.3 is 0 Å². The van der Waals surface area contributed by atoms with Gasteiger partial charge in [-0.2, -0.15) is 0 Å². The lowest BCUT2D eigenvalue weighted by Crippen LogP contribution is -2.52. The summed E-state index contributed by atoms with van der Waals surface area (Å²) >= 11 is 0. The lowest BCUT2D eigenvalue weighted by atomic mass is 10.0. The Morgan fingerprint density at radius 2 is 1.92 bits per heavy atom. The first-order chi connectivity index (χ1) is 11.6. The lowest BCUT2D eigenvalue weighted by molar-refractivity contribution is -0.134. The Balaban J connectivity index is 0.00000312. The highest BCUT2D eigenvalue weighted by atomic mass is 35.5. The van der Waals surface area contributed by atoms with Crippen LogP contribution in [-0.4, -0.2) is 63.9 Å². The van der Waals surface area contributed by atoms with Crippen molar-refractivity contribution < 1.29 is 19.0 Å². The number of rotatable bonds is 7. The predicted octanol–water partition coefficient (Wildman–Crippen LogP) is 1.50. The van der Waals surface area contributed by atoms with E-state index < -0.39 is 6.04 Å². The summed E-state index contributed by atoms with van der Waals surface area (Å²) in [5.74, 6) is 1.39. The molecule has 8 heteroatoms. The van der Waals surface area contributed by atoms with Crippen molar-refractivity contribution in [2.75, 3.05) is 46.3 Å². The summed E-state index contributed by atoms with van der Waals surface area (Å²) in [4.78, 5) is 14.1. The molecule has 1 aromatic rings. The van der Waals surface area contributed by atoms with E-state index in [1.807, 2.05) is 23.1 Å². The molecule has 1 aliphatic heterocycles.